The van der Waals surface area contributed by atoms with E-state index in [4.69, 9.17) is 4.98 Å². The highest BCUT2D eigenvalue weighted by Crippen LogP contribution is 2.31. The maximum atomic E-state index is 4.78. The quantitative estimate of drug-likeness (QED) is 0.858. The second-order valence-electron chi connectivity index (χ2n) is 4.89. The summed E-state index contributed by atoms with van der Waals surface area (Å²) >= 11 is 0. The smallest absolute Gasteiger partial charge is 0.160 e. The molecule has 90 valence electrons. The third-order valence-electron chi connectivity index (χ3n) is 3.68. The molecule has 2 aromatic heterocycles. The zero-order valence-corrected chi connectivity index (χ0v) is 10.4. The van der Waals surface area contributed by atoms with Crippen LogP contribution >= 0.6 is 0 Å². The normalized spacial score (nSPS) is 24.6. The van der Waals surface area contributed by atoms with Crippen LogP contribution in [-0.4, -0.2) is 21.1 Å². The molecule has 1 aliphatic rings. The van der Waals surface area contributed by atoms with E-state index in [1.54, 1.807) is 0 Å². The number of rotatable bonds is 2. The molecule has 0 amide bonds. The Morgan fingerprint density at radius 1 is 1.53 bits per heavy atom. The van der Waals surface area contributed by atoms with Crippen molar-refractivity contribution in [3.05, 3.63) is 24.2 Å². The zero-order valence-electron chi connectivity index (χ0n) is 10.4. The highest BCUT2D eigenvalue weighted by molar-refractivity contribution is 5.71. The number of hydrogen-bond acceptors (Lipinski definition) is 3. The molecule has 3 heterocycles. The summed E-state index contributed by atoms with van der Waals surface area (Å²) in [5.74, 6) is 1.13. The summed E-state index contributed by atoms with van der Waals surface area (Å²) in [4.78, 5) is 9.22. The van der Waals surface area contributed by atoms with Crippen molar-refractivity contribution in [2.75, 3.05) is 6.54 Å². The highest BCUT2D eigenvalue weighted by atomic mass is 15.2. The predicted octanol–water partition coefficient (Wildman–Crippen LogP) is 2.05. The van der Waals surface area contributed by atoms with Gasteiger partial charge >= 0.3 is 0 Å². The molecule has 1 atom stereocenters. The number of aryl methyl sites for hydroxylation is 1. The lowest BCUT2D eigenvalue weighted by molar-refractivity contribution is 0.390. The first-order valence-electron chi connectivity index (χ1n) is 6.31. The molecule has 4 nitrogen and oxygen atoms in total. The predicted molar refractivity (Wildman–Crippen MR) is 67.8 cm³/mol. The van der Waals surface area contributed by atoms with E-state index < -0.39 is 0 Å². The molecule has 4 heteroatoms. The molecule has 0 bridgehead atoms. The number of nitrogens with zero attached hydrogens (tertiary/aromatic N) is 3. The van der Waals surface area contributed by atoms with Crippen molar-refractivity contribution in [2.24, 2.45) is 0 Å². The van der Waals surface area contributed by atoms with Crippen molar-refractivity contribution in [2.45, 2.75) is 38.8 Å². The lowest BCUT2D eigenvalue weighted by Gasteiger charge is -2.24. The van der Waals surface area contributed by atoms with Crippen LogP contribution in [-0.2, 0) is 12.1 Å². The summed E-state index contributed by atoms with van der Waals surface area (Å²) < 4.78 is 2.23. The van der Waals surface area contributed by atoms with E-state index >= 15 is 0 Å². The molecule has 1 N–H and O–H groups in total. The molecule has 3 rings (SSSR count). The fraction of sp³-hybridized carbons (Fsp3) is 0.538. The van der Waals surface area contributed by atoms with Gasteiger partial charge in [0.05, 0.1) is 5.54 Å². The van der Waals surface area contributed by atoms with Gasteiger partial charge in [-0.25, -0.2) is 9.97 Å². The molecule has 0 radical (unpaired) electrons. The molecule has 0 saturated carbocycles. The first-order chi connectivity index (χ1) is 8.24. The minimum absolute atomic E-state index is 0.0106. The number of hydrogen-bond donors (Lipinski definition) is 1. The fourth-order valence-electron chi connectivity index (χ4n) is 2.76. The maximum absolute atomic E-state index is 4.78. The van der Waals surface area contributed by atoms with E-state index in [0.29, 0.717) is 0 Å². The molecular formula is C13H18N4. The van der Waals surface area contributed by atoms with Crippen LogP contribution in [0.1, 0.15) is 32.5 Å². The fourth-order valence-corrected chi connectivity index (χ4v) is 2.76. The SMILES string of the molecule is CCn1c(C2(C)CCCN2)nc2cccnc21. The van der Waals surface area contributed by atoms with Crippen molar-refractivity contribution in [3.8, 4) is 0 Å². The maximum Gasteiger partial charge on any atom is 0.160 e. The number of aromatic nitrogens is 3. The van der Waals surface area contributed by atoms with Gasteiger partial charge in [-0.3, -0.25) is 0 Å². The van der Waals surface area contributed by atoms with Gasteiger partial charge in [-0.05, 0) is 45.4 Å². The summed E-state index contributed by atoms with van der Waals surface area (Å²) in [5.41, 5.74) is 2.01. The average Bonchev–Trinajstić information content (AvgIpc) is 2.93. The summed E-state index contributed by atoms with van der Waals surface area (Å²) in [6, 6.07) is 3.99. The van der Waals surface area contributed by atoms with Crippen molar-refractivity contribution in [1.82, 2.24) is 19.9 Å². The van der Waals surface area contributed by atoms with E-state index in [0.717, 1.165) is 36.5 Å². The van der Waals surface area contributed by atoms with Crippen LogP contribution in [0.3, 0.4) is 0 Å². The Hall–Kier alpha value is -1.42. The molecule has 1 unspecified atom stereocenters. The van der Waals surface area contributed by atoms with Gasteiger partial charge in [0.1, 0.15) is 11.3 Å². The molecule has 17 heavy (non-hydrogen) atoms. The number of pyridine rings is 1. The molecule has 1 saturated heterocycles. The first kappa shape index (κ1) is 10.7. The molecule has 2 aromatic rings. The second kappa shape index (κ2) is 3.81. The van der Waals surface area contributed by atoms with Crippen LogP contribution in [0, 0.1) is 0 Å². The van der Waals surface area contributed by atoms with Crippen LogP contribution in [0.5, 0.6) is 0 Å². The zero-order chi connectivity index (χ0) is 11.9. The summed E-state index contributed by atoms with van der Waals surface area (Å²) in [6.45, 7) is 6.39. The van der Waals surface area contributed by atoms with Crippen LogP contribution in [0.4, 0.5) is 0 Å². The third kappa shape index (κ3) is 1.55. The minimum atomic E-state index is 0.0106. The van der Waals surface area contributed by atoms with Crippen molar-refractivity contribution in [3.63, 3.8) is 0 Å². The number of nitrogens with one attached hydrogen (secondary N) is 1. The Balaban J connectivity index is 2.21. The Morgan fingerprint density at radius 3 is 3.12 bits per heavy atom. The Kier molecular flexibility index (Phi) is 2.40. The van der Waals surface area contributed by atoms with Crippen molar-refractivity contribution in [1.29, 1.82) is 0 Å². The number of imidazole rings is 1. The molecule has 0 aromatic carbocycles. The summed E-state index contributed by atoms with van der Waals surface area (Å²) in [5, 5.41) is 3.57. The van der Waals surface area contributed by atoms with Gasteiger partial charge in [-0.15, -0.1) is 0 Å². The van der Waals surface area contributed by atoms with Crippen LogP contribution in [0.25, 0.3) is 11.2 Å². The second-order valence-corrected chi connectivity index (χ2v) is 4.89. The highest BCUT2D eigenvalue weighted by Gasteiger charge is 2.35. The van der Waals surface area contributed by atoms with Crippen LogP contribution < -0.4 is 5.32 Å². The van der Waals surface area contributed by atoms with Crippen molar-refractivity contribution >= 4 is 11.2 Å². The third-order valence-corrected chi connectivity index (χ3v) is 3.68. The lowest BCUT2D eigenvalue weighted by atomic mass is 9.99. The molecule has 1 aliphatic heterocycles. The van der Waals surface area contributed by atoms with Crippen LogP contribution in [0.15, 0.2) is 18.3 Å². The molecule has 0 aliphatic carbocycles. The number of fused-ring (bicyclic) bond motifs is 1. The Labute approximate surface area is 101 Å². The lowest BCUT2D eigenvalue weighted by Crippen LogP contribution is -2.36. The first-order valence-corrected chi connectivity index (χ1v) is 6.31. The van der Waals surface area contributed by atoms with Gasteiger partial charge < -0.3 is 9.88 Å². The summed E-state index contributed by atoms with van der Waals surface area (Å²) in [7, 11) is 0. The van der Waals surface area contributed by atoms with E-state index in [9.17, 15) is 0 Å². The minimum Gasteiger partial charge on any atom is -0.311 e. The summed E-state index contributed by atoms with van der Waals surface area (Å²) in [6.07, 6.45) is 4.21. The van der Waals surface area contributed by atoms with Gasteiger partial charge in [0.15, 0.2) is 5.65 Å². The van der Waals surface area contributed by atoms with E-state index in [1.807, 2.05) is 18.3 Å². The topological polar surface area (TPSA) is 42.7 Å². The molecular weight excluding hydrogens is 212 g/mol. The Bertz CT molecular complexity index is 537. The monoisotopic (exact) mass is 230 g/mol. The van der Waals surface area contributed by atoms with E-state index in [1.165, 1.54) is 6.42 Å². The van der Waals surface area contributed by atoms with Gasteiger partial charge in [0.25, 0.3) is 0 Å². The average molecular weight is 230 g/mol. The van der Waals surface area contributed by atoms with E-state index in [-0.39, 0.29) is 5.54 Å². The standard InChI is InChI=1S/C13H18N4/c1-3-17-11-10(6-4-8-14-11)16-12(17)13(2)7-5-9-15-13/h4,6,8,15H,3,5,7,9H2,1-2H3. The van der Waals surface area contributed by atoms with Gasteiger partial charge in [-0.2, -0.15) is 0 Å². The van der Waals surface area contributed by atoms with Gasteiger partial charge in [0, 0.05) is 12.7 Å². The van der Waals surface area contributed by atoms with Gasteiger partial charge in [-0.1, -0.05) is 0 Å². The largest absolute Gasteiger partial charge is 0.311 e. The molecule has 1 fully saturated rings. The van der Waals surface area contributed by atoms with Crippen LogP contribution in [0.2, 0.25) is 0 Å². The van der Waals surface area contributed by atoms with Crippen molar-refractivity contribution < 1.29 is 0 Å². The molecule has 0 spiro atoms. The van der Waals surface area contributed by atoms with Gasteiger partial charge in [0.2, 0.25) is 0 Å². The Morgan fingerprint density at radius 2 is 2.41 bits per heavy atom. The van der Waals surface area contributed by atoms with E-state index in [2.05, 4.69) is 28.7 Å².